The maximum atomic E-state index is 11.6. The molecule has 3 nitrogen and oxygen atoms in total. The zero-order valence-corrected chi connectivity index (χ0v) is 9.99. The largest absolute Gasteiger partial charge is 0.463 e. The number of carbonyl (C=O) groups is 2. The van der Waals surface area contributed by atoms with Gasteiger partial charge in [-0.15, -0.1) is 11.3 Å². The minimum atomic E-state index is -0.827. The molecule has 0 saturated heterocycles. The molecule has 17 heavy (non-hydrogen) atoms. The van der Waals surface area contributed by atoms with Gasteiger partial charge in [-0.3, -0.25) is 4.79 Å². The van der Waals surface area contributed by atoms with Crippen molar-refractivity contribution in [2.24, 2.45) is 0 Å². The first kappa shape index (κ1) is 11.5. The van der Waals surface area contributed by atoms with Crippen molar-refractivity contribution in [3.8, 4) is 10.4 Å². The predicted molar refractivity (Wildman–Crippen MR) is 66.1 cm³/mol. The molecule has 2 aromatic rings. The molecular weight excluding hydrogens is 236 g/mol. The molecular formula is C13H10O3S. The lowest BCUT2D eigenvalue weighted by molar-refractivity contribution is -0.135. The Morgan fingerprint density at radius 2 is 1.76 bits per heavy atom. The SMILES string of the molecule is COC(=O)C(=O)c1ccc(-c2ccccc2)s1. The third-order valence-electron chi connectivity index (χ3n) is 2.26. The van der Waals surface area contributed by atoms with E-state index >= 15 is 0 Å². The lowest BCUT2D eigenvalue weighted by Crippen LogP contribution is -2.13. The van der Waals surface area contributed by atoms with Gasteiger partial charge < -0.3 is 4.74 Å². The van der Waals surface area contributed by atoms with Gasteiger partial charge in [-0.1, -0.05) is 30.3 Å². The first-order valence-electron chi connectivity index (χ1n) is 5.00. The van der Waals surface area contributed by atoms with Crippen molar-refractivity contribution in [2.75, 3.05) is 7.11 Å². The van der Waals surface area contributed by atoms with Crippen molar-refractivity contribution in [2.45, 2.75) is 0 Å². The molecule has 0 spiro atoms. The first-order chi connectivity index (χ1) is 8.22. The molecule has 0 saturated carbocycles. The summed E-state index contributed by atoms with van der Waals surface area (Å²) in [7, 11) is 1.20. The van der Waals surface area contributed by atoms with E-state index in [0.29, 0.717) is 4.88 Å². The minimum absolute atomic E-state index is 0.399. The second-order valence-corrected chi connectivity index (χ2v) is 4.43. The van der Waals surface area contributed by atoms with Crippen molar-refractivity contribution in [3.05, 3.63) is 47.3 Å². The number of hydrogen-bond donors (Lipinski definition) is 0. The zero-order valence-electron chi connectivity index (χ0n) is 9.17. The molecule has 1 heterocycles. The average Bonchev–Trinajstić information content (AvgIpc) is 2.87. The van der Waals surface area contributed by atoms with Crippen LogP contribution in [-0.4, -0.2) is 18.9 Å². The number of ether oxygens (including phenoxy) is 1. The fraction of sp³-hybridized carbons (Fsp3) is 0.0769. The first-order valence-corrected chi connectivity index (χ1v) is 5.82. The molecule has 0 aliphatic rings. The molecule has 0 radical (unpaired) electrons. The topological polar surface area (TPSA) is 43.4 Å². The van der Waals surface area contributed by atoms with Crippen molar-refractivity contribution in [1.82, 2.24) is 0 Å². The second kappa shape index (κ2) is 4.93. The summed E-state index contributed by atoms with van der Waals surface area (Å²) in [6.07, 6.45) is 0. The molecule has 0 aliphatic carbocycles. The Morgan fingerprint density at radius 3 is 2.41 bits per heavy atom. The number of benzene rings is 1. The van der Waals surface area contributed by atoms with E-state index in [2.05, 4.69) is 4.74 Å². The Balaban J connectivity index is 2.28. The smallest absolute Gasteiger partial charge is 0.380 e. The summed E-state index contributed by atoms with van der Waals surface area (Å²) in [5, 5.41) is 0. The molecule has 86 valence electrons. The van der Waals surface area contributed by atoms with Gasteiger partial charge in [-0.05, 0) is 17.7 Å². The fourth-order valence-electron chi connectivity index (χ4n) is 1.41. The summed E-state index contributed by atoms with van der Waals surface area (Å²) in [5.41, 5.74) is 1.03. The third kappa shape index (κ3) is 2.42. The van der Waals surface area contributed by atoms with E-state index in [9.17, 15) is 9.59 Å². The Hall–Kier alpha value is -1.94. The maximum absolute atomic E-state index is 11.6. The Morgan fingerprint density at radius 1 is 1.06 bits per heavy atom. The highest BCUT2D eigenvalue weighted by Gasteiger charge is 2.18. The van der Waals surface area contributed by atoms with E-state index < -0.39 is 11.8 Å². The highest BCUT2D eigenvalue weighted by atomic mass is 32.1. The number of Topliss-reactive ketones (excluding diaryl/α,β-unsaturated/α-hetero) is 1. The van der Waals surface area contributed by atoms with Crippen molar-refractivity contribution in [3.63, 3.8) is 0 Å². The fourth-order valence-corrected chi connectivity index (χ4v) is 2.35. The lowest BCUT2D eigenvalue weighted by atomic mass is 10.2. The number of hydrogen-bond acceptors (Lipinski definition) is 4. The van der Waals surface area contributed by atoms with Crippen LogP contribution in [0.2, 0.25) is 0 Å². The summed E-state index contributed by atoms with van der Waals surface area (Å²) in [6.45, 7) is 0. The van der Waals surface area contributed by atoms with Crippen LogP contribution in [0.15, 0.2) is 42.5 Å². The molecule has 0 unspecified atom stereocenters. The van der Waals surface area contributed by atoms with Gasteiger partial charge >= 0.3 is 5.97 Å². The summed E-state index contributed by atoms with van der Waals surface area (Å²) < 4.78 is 4.40. The van der Waals surface area contributed by atoms with Gasteiger partial charge in [-0.25, -0.2) is 4.79 Å². The summed E-state index contributed by atoms with van der Waals surface area (Å²) >= 11 is 1.29. The number of ketones is 1. The minimum Gasteiger partial charge on any atom is -0.463 e. The van der Waals surface area contributed by atoms with E-state index in [1.54, 1.807) is 6.07 Å². The van der Waals surface area contributed by atoms with Crippen molar-refractivity contribution < 1.29 is 14.3 Å². The van der Waals surface area contributed by atoms with E-state index in [4.69, 9.17) is 0 Å². The molecule has 2 rings (SSSR count). The summed E-state index contributed by atoms with van der Waals surface area (Å²) in [5.74, 6) is -1.42. The molecule has 0 amide bonds. The van der Waals surface area contributed by atoms with Crippen LogP contribution in [0, 0.1) is 0 Å². The van der Waals surface area contributed by atoms with Crippen LogP contribution in [0.5, 0.6) is 0 Å². The number of carbonyl (C=O) groups excluding carboxylic acids is 2. The molecule has 1 aromatic heterocycles. The van der Waals surface area contributed by atoms with Crippen LogP contribution in [0.4, 0.5) is 0 Å². The van der Waals surface area contributed by atoms with Crippen LogP contribution < -0.4 is 0 Å². The predicted octanol–water partition coefficient (Wildman–Crippen LogP) is 2.77. The normalized spacial score (nSPS) is 9.94. The maximum Gasteiger partial charge on any atom is 0.380 e. The average molecular weight is 246 g/mol. The molecule has 0 fully saturated rings. The Kier molecular flexibility index (Phi) is 3.35. The van der Waals surface area contributed by atoms with Gasteiger partial charge in [0.2, 0.25) is 0 Å². The standard InChI is InChI=1S/C13H10O3S/c1-16-13(15)12(14)11-8-7-10(17-11)9-5-3-2-4-6-9/h2-8H,1H3. The van der Waals surface area contributed by atoms with Crippen LogP contribution in [-0.2, 0) is 9.53 Å². The number of thiophene rings is 1. The van der Waals surface area contributed by atoms with Gasteiger partial charge in [0.25, 0.3) is 5.78 Å². The van der Waals surface area contributed by atoms with Crippen LogP contribution in [0.1, 0.15) is 9.67 Å². The van der Waals surface area contributed by atoms with E-state index in [0.717, 1.165) is 10.4 Å². The third-order valence-corrected chi connectivity index (χ3v) is 3.39. The van der Waals surface area contributed by atoms with E-state index in [-0.39, 0.29) is 0 Å². The zero-order chi connectivity index (χ0) is 12.3. The quantitative estimate of drug-likeness (QED) is 0.475. The highest BCUT2D eigenvalue weighted by Crippen LogP contribution is 2.28. The molecule has 0 N–H and O–H groups in total. The molecule has 0 aliphatic heterocycles. The van der Waals surface area contributed by atoms with Crippen LogP contribution >= 0.6 is 11.3 Å². The van der Waals surface area contributed by atoms with Gasteiger partial charge in [0.05, 0.1) is 12.0 Å². The number of rotatable bonds is 3. The van der Waals surface area contributed by atoms with Gasteiger partial charge in [0.15, 0.2) is 0 Å². The number of methoxy groups -OCH3 is 1. The lowest BCUT2D eigenvalue weighted by Gasteiger charge is -1.95. The second-order valence-electron chi connectivity index (χ2n) is 3.35. The molecule has 0 atom stereocenters. The van der Waals surface area contributed by atoms with Gasteiger partial charge in [-0.2, -0.15) is 0 Å². The van der Waals surface area contributed by atoms with E-state index in [1.165, 1.54) is 18.4 Å². The number of esters is 1. The molecule has 0 bridgehead atoms. The highest BCUT2D eigenvalue weighted by molar-refractivity contribution is 7.18. The van der Waals surface area contributed by atoms with Gasteiger partial charge in [0.1, 0.15) is 0 Å². The Labute approximate surface area is 103 Å². The monoisotopic (exact) mass is 246 g/mol. The molecule has 4 heteroatoms. The molecule has 1 aromatic carbocycles. The van der Waals surface area contributed by atoms with Gasteiger partial charge in [0, 0.05) is 4.88 Å². The summed E-state index contributed by atoms with van der Waals surface area (Å²) in [6, 6.07) is 13.2. The van der Waals surface area contributed by atoms with Crippen molar-refractivity contribution in [1.29, 1.82) is 0 Å². The van der Waals surface area contributed by atoms with E-state index in [1.807, 2.05) is 36.4 Å². The summed E-state index contributed by atoms with van der Waals surface area (Å²) in [4.78, 5) is 24.0. The van der Waals surface area contributed by atoms with Crippen molar-refractivity contribution >= 4 is 23.1 Å². The van der Waals surface area contributed by atoms with Crippen LogP contribution in [0.3, 0.4) is 0 Å². The Bertz CT molecular complexity index is 543. The van der Waals surface area contributed by atoms with Crippen LogP contribution in [0.25, 0.3) is 10.4 Å².